The highest BCUT2D eigenvalue weighted by molar-refractivity contribution is 6.30. The molecule has 7 heteroatoms. The molecule has 0 aliphatic heterocycles. The van der Waals surface area contributed by atoms with Crippen molar-refractivity contribution in [3.05, 3.63) is 40.5 Å². The highest BCUT2D eigenvalue weighted by Crippen LogP contribution is 2.31. The van der Waals surface area contributed by atoms with Crippen LogP contribution < -0.4 is 5.73 Å². The number of hydrogen-bond donors (Lipinski definition) is 1. The second kappa shape index (κ2) is 4.20. The fraction of sp³-hybridized carbons (Fsp3) is 0.182. The predicted octanol–water partition coefficient (Wildman–Crippen LogP) is 3.44. The normalized spacial score (nSPS) is 11.8. The minimum absolute atomic E-state index is 0.0901. The zero-order valence-corrected chi connectivity index (χ0v) is 10.0. The Morgan fingerprint density at radius 2 is 1.94 bits per heavy atom. The van der Waals surface area contributed by atoms with Gasteiger partial charge in [-0.25, -0.2) is 4.68 Å². The van der Waals surface area contributed by atoms with Crippen molar-refractivity contribution in [3.63, 3.8) is 0 Å². The summed E-state index contributed by atoms with van der Waals surface area (Å²) in [7, 11) is 0. The number of nitrogens with zero attached hydrogens (tertiary/aromatic N) is 2. The second-order valence-corrected chi connectivity index (χ2v) is 4.23. The third kappa shape index (κ3) is 2.28. The van der Waals surface area contributed by atoms with Gasteiger partial charge in [-0.2, -0.15) is 18.3 Å². The van der Waals surface area contributed by atoms with E-state index in [9.17, 15) is 13.2 Å². The van der Waals surface area contributed by atoms with Crippen molar-refractivity contribution < 1.29 is 13.2 Å². The van der Waals surface area contributed by atoms with E-state index in [0.717, 1.165) is 16.3 Å². The van der Waals surface area contributed by atoms with E-state index in [1.165, 1.54) is 6.07 Å². The molecule has 18 heavy (non-hydrogen) atoms. The van der Waals surface area contributed by atoms with Gasteiger partial charge in [0.15, 0.2) is 5.69 Å². The fourth-order valence-electron chi connectivity index (χ4n) is 1.54. The van der Waals surface area contributed by atoms with Gasteiger partial charge < -0.3 is 5.73 Å². The lowest BCUT2D eigenvalue weighted by molar-refractivity contribution is -0.141. The summed E-state index contributed by atoms with van der Waals surface area (Å²) in [5, 5.41) is 3.86. The maximum atomic E-state index is 12.5. The molecule has 0 unspecified atom stereocenters. The maximum Gasteiger partial charge on any atom is 0.435 e. The van der Waals surface area contributed by atoms with Crippen LogP contribution in [0.2, 0.25) is 5.02 Å². The molecule has 2 aromatic rings. The van der Waals surface area contributed by atoms with Gasteiger partial charge in [0, 0.05) is 11.1 Å². The maximum absolute atomic E-state index is 12.5. The zero-order chi connectivity index (χ0) is 13.5. The minimum atomic E-state index is -4.52. The number of nitrogen functional groups attached to an aromatic ring is 1. The van der Waals surface area contributed by atoms with E-state index in [2.05, 4.69) is 5.10 Å². The average Bonchev–Trinajstić information content (AvgIpc) is 2.64. The predicted molar refractivity (Wildman–Crippen MR) is 62.7 cm³/mol. The minimum Gasteiger partial charge on any atom is -0.384 e. The molecule has 0 spiro atoms. The van der Waals surface area contributed by atoms with Crippen LogP contribution >= 0.6 is 11.6 Å². The lowest BCUT2D eigenvalue weighted by atomic mass is 10.2. The molecule has 0 aliphatic rings. The van der Waals surface area contributed by atoms with E-state index in [0.29, 0.717) is 10.7 Å². The first kappa shape index (κ1) is 12.8. The molecule has 0 bridgehead atoms. The SMILES string of the molecule is Cc1ccc(Cl)cc1-n1nc(C(F)(F)F)cc1N. The van der Waals surface area contributed by atoms with E-state index < -0.39 is 11.9 Å². The highest BCUT2D eigenvalue weighted by atomic mass is 35.5. The molecule has 0 radical (unpaired) electrons. The van der Waals surface area contributed by atoms with E-state index in [1.807, 2.05) is 0 Å². The molecular formula is C11H9ClF3N3. The van der Waals surface area contributed by atoms with Crippen LogP contribution in [-0.2, 0) is 6.18 Å². The molecule has 2 N–H and O–H groups in total. The molecule has 0 aliphatic carbocycles. The van der Waals surface area contributed by atoms with E-state index in [-0.39, 0.29) is 5.82 Å². The van der Waals surface area contributed by atoms with Crippen molar-refractivity contribution in [2.45, 2.75) is 13.1 Å². The Morgan fingerprint density at radius 3 is 2.50 bits per heavy atom. The Balaban J connectivity index is 2.58. The number of hydrogen-bond acceptors (Lipinski definition) is 2. The Kier molecular flexibility index (Phi) is 2.98. The number of rotatable bonds is 1. The zero-order valence-electron chi connectivity index (χ0n) is 9.29. The summed E-state index contributed by atoms with van der Waals surface area (Å²) < 4.78 is 38.6. The van der Waals surface area contributed by atoms with Gasteiger partial charge in [-0.3, -0.25) is 0 Å². The van der Waals surface area contributed by atoms with Gasteiger partial charge in [-0.15, -0.1) is 0 Å². The van der Waals surface area contributed by atoms with Crippen molar-refractivity contribution in [2.24, 2.45) is 0 Å². The largest absolute Gasteiger partial charge is 0.435 e. The van der Waals surface area contributed by atoms with Crippen molar-refractivity contribution in [2.75, 3.05) is 5.73 Å². The smallest absolute Gasteiger partial charge is 0.384 e. The molecule has 1 aromatic heterocycles. The third-order valence-electron chi connectivity index (χ3n) is 2.43. The van der Waals surface area contributed by atoms with E-state index in [1.54, 1.807) is 19.1 Å². The summed E-state index contributed by atoms with van der Waals surface area (Å²) in [6.45, 7) is 1.74. The van der Waals surface area contributed by atoms with Crippen LogP contribution in [0.4, 0.5) is 19.0 Å². The Bertz CT molecular complexity index is 590. The van der Waals surface area contributed by atoms with Crippen molar-refractivity contribution in [1.29, 1.82) is 0 Å². The van der Waals surface area contributed by atoms with Crippen LogP contribution in [0.3, 0.4) is 0 Å². The Morgan fingerprint density at radius 1 is 1.28 bits per heavy atom. The lowest BCUT2D eigenvalue weighted by Crippen LogP contribution is -2.08. The molecule has 0 saturated heterocycles. The van der Waals surface area contributed by atoms with Crippen molar-refractivity contribution in [1.82, 2.24) is 9.78 Å². The molecule has 3 nitrogen and oxygen atoms in total. The summed E-state index contributed by atoms with van der Waals surface area (Å²) >= 11 is 5.81. The first-order chi connectivity index (χ1) is 8.29. The van der Waals surface area contributed by atoms with Gasteiger partial charge in [0.25, 0.3) is 0 Å². The monoisotopic (exact) mass is 275 g/mol. The first-order valence-corrected chi connectivity index (χ1v) is 5.36. The van der Waals surface area contributed by atoms with Gasteiger partial charge in [-0.05, 0) is 24.6 Å². The number of anilines is 1. The van der Waals surface area contributed by atoms with Gasteiger partial charge in [-0.1, -0.05) is 17.7 Å². The van der Waals surface area contributed by atoms with Gasteiger partial charge >= 0.3 is 6.18 Å². The number of aromatic nitrogens is 2. The van der Waals surface area contributed by atoms with Gasteiger partial charge in [0.2, 0.25) is 0 Å². The highest BCUT2D eigenvalue weighted by Gasteiger charge is 2.34. The van der Waals surface area contributed by atoms with Crippen LogP contribution in [0.25, 0.3) is 5.69 Å². The average molecular weight is 276 g/mol. The summed E-state index contributed by atoms with van der Waals surface area (Å²) in [6.07, 6.45) is -4.52. The molecule has 1 aromatic carbocycles. The lowest BCUT2D eigenvalue weighted by Gasteiger charge is -2.08. The van der Waals surface area contributed by atoms with Crippen LogP contribution in [0.15, 0.2) is 24.3 Å². The first-order valence-electron chi connectivity index (χ1n) is 4.98. The van der Waals surface area contributed by atoms with E-state index >= 15 is 0 Å². The Hall–Kier alpha value is -1.69. The number of halogens is 4. The fourth-order valence-corrected chi connectivity index (χ4v) is 1.70. The number of alkyl halides is 3. The summed E-state index contributed by atoms with van der Waals surface area (Å²) in [5.74, 6) is -0.0901. The molecule has 0 amide bonds. The molecular weight excluding hydrogens is 267 g/mol. The molecule has 2 rings (SSSR count). The van der Waals surface area contributed by atoms with Gasteiger partial charge in [0.1, 0.15) is 5.82 Å². The number of benzene rings is 1. The number of aryl methyl sites for hydroxylation is 1. The molecule has 0 saturated carbocycles. The Labute approximate surface area is 106 Å². The molecule has 0 atom stereocenters. The molecule has 1 heterocycles. The number of nitrogens with two attached hydrogens (primary N) is 1. The summed E-state index contributed by atoms with van der Waals surface area (Å²) in [5.41, 5.74) is 5.67. The van der Waals surface area contributed by atoms with Crippen LogP contribution in [0.5, 0.6) is 0 Å². The topological polar surface area (TPSA) is 43.8 Å². The molecule has 96 valence electrons. The second-order valence-electron chi connectivity index (χ2n) is 3.79. The van der Waals surface area contributed by atoms with E-state index in [4.69, 9.17) is 17.3 Å². The van der Waals surface area contributed by atoms with Crippen LogP contribution in [-0.4, -0.2) is 9.78 Å². The quantitative estimate of drug-likeness (QED) is 0.866. The van der Waals surface area contributed by atoms with Gasteiger partial charge in [0.05, 0.1) is 5.69 Å². The third-order valence-corrected chi connectivity index (χ3v) is 2.66. The molecule has 0 fully saturated rings. The summed E-state index contributed by atoms with van der Waals surface area (Å²) in [4.78, 5) is 0. The standard InChI is InChI=1S/C11H9ClF3N3/c1-6-2-3-7(12)4-8(6)18-10(16)5-9(17-18)11(13,14)15/h2-5H,16H2,1H3. The van der Waals surface area contributed by atoms with Crippen molar-refractivity contribution >= 4 is 17.4 Å². The summed E-state index contributed by atoms with van der Waals surface area (Å²) in [6, 6.07) is 5.64. The van der Waals surface area contributed by atoms with Crippen LogP contribution in [0.1, 0.15) is 11.3 Å². The van der Waals surface area contributed by atoms with Crippen molar-refractivity contribution in [3.8, 4) is 5.69 Å². The van der Waals surface area contributed by atoms with Crippen LogP contribution in [0, 0.1) is 6.92 Å².